The number of hydrogen-bond acceptors (Lipinski definition) is 4. The fourth-order valence-electron chi connectivity index (χ4n) is 4.24. The number of nitrogens with zero attached hydrogens (tertiary/aromatic N) is 1. The average Bonchev–Trinajstić information content (AvgIpc) is 3.00. The van der Waals surface area contributed by atoms with Gasteiger partial charge in [0.05, 0.1) is 23.7 Å². The number of carbonyl (C=O) groups is 3. The molecule has 3 amide bonds. The zero-order valence-electron chi connectivity index (χ0n) is 21.5. The Kier molecular flexibility index (Phi) is 9.85. The highest BCUT2D eigenvalue weighted by atomic mass is 35.5. The second-order valence-electron chi connectivity index (χ2n) is 9.13. The largest absolute Gasteiger partial charge is 0.392 e. The Bertz CT molecular complexity index is 1390. The summed E-state index contributed by atoms with van der Waals surface area (Å²) in [5, 5.41) is 5.16. The SMILES string of the molecule is CCc1cccc2c1NC(=O)[C@@H](NC(=O)/C(=C\CC(F)(F)F)[C@H](CCC(F)(F)F)C(N)=O)N=C2c1cccc(Cl)c1. The van der Waals surface area contributed by atoms with Crippen LogP contribution in [0.15, 0.2) is 59.1 Å². The number of alkyl halides is 6. The molecule has 0 aromatic heterocycles. The maximum atomic E-state index is 13.2. The number of carbonyl (C=O) groups excluding carboxylic acids is 3. The first-order valence-electron chi connectivity index (χ1n) is 12.3. The molecule has 220 valence electrons. The Hall–Kier alpha value is -3.87. The third-order valence-electron chi connectivity index (χ3n) is 6.16. The topological polar surface area (TPSA) is 114 Å². The van der Waals surface area contributed by atoms with Crippen LogP contribution in [0.5, 0.6) is 0 Å². The number of rotatable bonds is 9. The Morgan fingerprint density at radius 2 is 1.80 bits per heavy atom. The quantitative estimate of drug-likeness (QED) is 0.262. The summed E-state index contributed by atoms with van der Waals surface area (Å²) in [4.78, 5) is 42.9. The van der Waals surface area contributed by atoms with Crippen molar-refractivity contribution in [2.45, 2.75) is 51.1 Å². The molecule has 2 aromatic carbocycles. The number of primary amides is 1. The number of nitrogens with two attached hydrogens (primary N) is 1. The maximum absolute atomic E-state index is 13.2. The number of amides is 3. The van der Waals surface area contributed by atoms with Crippen LogP contribution in [-0.2, 0) is 20.8 Å². The van der Waals surface area contributed by atoms with E-state index in [9.17, 15) is 40.7 Å². The minimum atomic E-state index is -4.85. The van der Waals surface area contributed by atoms with Gasteiger partial charge in [0.1, 0.15) is 0 Å². The van der Waals surface area contributed by atoms with Crippen LogP contribution in [0, 0.1) is 5.92 Å². The van der Waals surface area contributed by atoms with E-state index >= 15 is 0 Å². The zero-order chi connectivity index (χ0) is 30.5. The normalized spacial score (nSPS) is 16.7. The number of benzodiazepines with no additional fused rings is 1. The third-order valence-corrected chi connectivity index (χ3v) is 6.39. The number of para-hydroxylation sites is 1. The van der Waals surface area contributed by atoms with Crippen LogP contribution in [0.25, 0.3) is 0 Å². The van der Waals surface area contributed by atoms with Gasteiger partial charge in [-0.1, -0.05) is 54.9 Å². The van der Waals surface area contributed by atoms with Gasteiger partial charge in [0, 0.05) is 28.1 Å². The summed E-state index contributed by atoms with van der Waals surface area (Å²) in [6.07, 6.45) is -15.0. The predicted octanol–water partition coefficient (Wildman–Crippen LogP) is 5.46. The van der Waals surface area contributed by atoms with Crippen LogP contribution >= 0.6 is 11.6 Å². The summed E-state index contributed by atoms with van der Waals surface area (Å²) < 4.78 is 77.7. The number of benzene rings is 2. The minimum Gasteiger partial charge on any atom is -0.369 e. The molecule has 41 heavy (non-hydrogen) atoms. The van der Waals surface area contributed by atoms with E-state index in [4.69, 9.17) is 17.3 Å². The fourth-order valence-corrected chi connectivity index (χ4v) is 4.43. The summed E-state index contributed by atoms with van der Waals surface area (Å²) in [6.45, 7) is 1.84. The molecule has 0 radical (unpaired) electrons. The van der Waals surface area contributed by atoms with E-state index in [1.165, 1.54) is 0 Å². The standard InChI is InChI=1S/C27H25ClF6N4O3/c1-2-14-5-4-8-19-20(14)37-25(41)23(36-21(19)15-6-3-7-16(28)13-15)38-24(40)18(10-12-27(32,33)34)17(22(35)39)9-11-26(29,30)31/h3-8,10,13,17,23H,2,9,11-12H2,1H3,(H2,35,39)(H,37,41)(H,38,40)/b18-10-/t17-,23+/m0/s1. The monoisotopic (exact) mass is 602 g/mol. The fraction of sp³-hybridized carbons (Fsp3) is 0.333. The van der Waals surface area contributed by atoms with Gasteiger partial charge in [-0.25, -0.2) is 4.99 Å². The van der Waals surface area contributed by atoms with Gasteiger partial charge < -0.3 is 16.4 Å². The number of aryl methyl sites for hydroxylation is 1. The first-order valence-corrected chi connectivity index (χ1v) is 12.7. The summed E-state index contributed by atoms with van der Waals surface area (Å²) >= 11 is 6.15. The third kappa shape index (κ3) is 8.56. The number of allylic oxidation sites excluding steroid dienone is 1. The molecule has 2 aromatic rings. The first-order chi connectivity index (χ1) is 19.1. The van der Waals surface area contributed by atoms with Crippen molar-refractivity contribution in [3.63, 3.8) is 0 Å². The highest BCUT2D eigenvalue weighted by Crippen LogP contribution is 2.31. The second kappa shape index (κ2) is 12.8. The Morgan fingerprint density at radius 1 is 1.12 bits per heavy atom. The van der Waals surface area contributed by atoms with Crippen LogP contribution in [0.2, 0.25) is 5.02 Å². The Morgan fingerprint density at radius 3 is 2.39 bits per heavy atom. The number of fused-ring (bicyclic) bond motifs is 1. The van der Waals surface area contributed by atoms with Gasteiger partial charge >= 0.3 is 12.4 Å². The molecule has 4 N–H and O–H groups in total. The molecule has 0 unspecified atom stereocenters. The van der Waals surface area contributed by atoms with Crippen LogP contribution < -0.4 is 16.4 Å². The first kappa shape index (κ1) is 31.7. The highest BCUT2D eigenvalue weighted by Gasteiger charge is 2.36. The molecular weight excluding hydrogens is 578 g/mol. The van der Waals surface area contributed by atoms with E-state index in [0.29, 0.717) is 39.9 Å². The number of hydrogen-bond donors (Lipinski definition) is 3. The molecule has 0 fully saturated rings. The molecule has 0 saturated heterocycles. The molecule has 2 atom stereocenters. The molecule has 1 aliphatic rings. The van der Waals surface area contributed by atoms with Crippen molar-refractivity contribution < 1.29 is 40.7 Å². The number of anilines is 1. The van der Waals surface area contributed by atoms with Gasteiger partial charge in [0.25, 0.3) is 5.91 Å². The Labute approximate surface area is 235 Å². The summed E-state index contributed by atoms with van der Waals surface area (Å²) in [5.41, 5.74) is 6.44. The van der Waals surface area contributed by atoms with E-state index < -0.39 is 67.0 Å². The lowest BCUT2D eigenvalue weighted by Gasteiger charge is -2.21. The van der Waals surface area contributed by atoms with Gasteiger partial charge in [0.15, 0.2) is 0 Å². The van der Waals surface area contributed by atoms with Crippen molar-refractivity contribution in [2.24, 2.45) is 16.6 Å². The van der Waals surface area contributed by atoms with Gasteiger partial charge in [-0.05, 0) is 30.5 Å². The number of halogens is 7. The van der Waals surface area contributed by atoms with E-state index in [-0.39, 0.29) is 5.71 Å². The van der Waals surface area contributed by atoms with Crippen molar-refractivity contribution in [3.8, 4) is 0 Å². The van der Waals surface area contributed by atoms with Gasteiger partial charge in [-0.2, -0.15) is 26.3 Å². The molecule has 0 saturated carbocycles. The number of nitrogens with one attached hydrogen (secondary N) is 2. The minimum absolute atomic E-state index is 0.200. The van der Waals surface area contributed by atoms with Crippen LogP contribution in [0.3, 0.4) is 0 Å². The molecule has 3 rings (SSSR count). The summed E-state index contributed by atoms with van der Waals surface area (Å²) in [7, 11) is 0. The van der Waals surface area contributed by atoms with Gasteiger partial charge in [-0.3, -0.25) is 14.4 Å². The van der Waals surface area contributed by atoms with Crippen LogP contribution in [0.4, 0.5) is 32.0 Å². The lowest BCUT2D eigenvalue weighted by Crippen LogP contribution is -2.45. The molecule has 1 heterocycles. The predicted molar refractivity (Wildman–Crippen MR) is 140 cm³/mol. The van der Waals surface area contributed by atoms with Crippen molar-refractivity contribution in [2.75, 3.05) is 5.32 Å². The lowest BCUT2D eigenvalue weighted by atomic mass is 9.91. The molecule has 0 bridgehead atoms. The van der Waals surface area contributed by atoms with Crippen LogP contribution in [-0.4, -0.2) is 42.0 Å². The van der Waals surface area contributed by atoms with E-state index in [0.717, 1.165) is 0 Å². The van der Waals surface area contributed by atoms with Crippen molar-refractivity contribution in [3.05, 3.63) is 75.8 Å². The maximum Gasteiger partial charge on any atom is 0.392 e. The van der Waals surface area contributed by atoms with Crippen molar-refractivity contribution in [1.82, 2.24) is 5.32 Å². The smallest absolute Gasteiger partial charge is 0.369 e. The molecule has 0 spiro atoms. The lowest BCUT2D eigenvalue weighted by molar-refractivity contribution is -0.140. The molecule has 7 nitrogen and oxygen atoms in total. The zero-order valence-corrected chi connectivity index (χ0v) is 22.3. The van der Waals surface area contributed by atoms with Crippen molar-refractivity contribution in [1.29, 1.82) is 0 Å². The molecular formula is C27H25ClF6N4O3. The molecule has 1 aliphatic heterocycles. The average molecular weight is 603 g/mol. The van der Waals surface area contributed by atoms with E-state index in [1.807, 2.05) is 6.92 Å². The molecule has 14 heteroatoms. The van der Waals surface area contributed by atoms with Gasteiger partial charge in [-0.15, -0.1) is 0 Å². The van der Waals surface area contributed by atoms with Crippen molar-refractivity contribution >= 4 is 40.7 Å². The van der Waals surface area contributed by atoms with Gasteiger partial charge in [0.2, 0.25) is 18.0 Å². The summed E-state index contributed by atoms with van der Waals surface area (Å²) in [5.74, 6) is -5.74. The van der Waals surface area contributed by atoms with E-state index in [2.05, 4.69) is 15.6 Å². The number of aliphatic imine (C=N–C) groups is 1. The highest BCUT2D eigenvalue weighted by molar-refractivity contribution is 6.31. The summed E-state index contributed by atoms with van der Waals surface area (Å²) in [6, 6.07) is 11.5. The van der Waals surface area contributed by atoms with Crippen LogP contribution in [0.1, 0.15) is 42.9 Å². The Balaban J connectivity index is 2.08. The van der Waals surface area contributed by atoms with E-state index in [1.54, 1.807) is 42.5 Å². The molecule has 0 aliphatic carbocycles. The second-order valence-corrected chi connectivity index (χ2v) is 9.57.